The molecule has 17 heavy (non-hydrogen) atoms. The predicted molar refractivity (Wildman–Crippen MR) is 64.6 cm³/mol. The van der Waals surface area contributed by atoms with Gasteiger partial charge in [-0.2, -0.15) is 0 Å². The van der Waals surface area contributed by atoms with Crippen LogP contribution in [0.15, 0.2) is 36.4 Å². The molecule has 0 saturated carbocycles. The Hall–Kier alpha value is -1.90. The second-order valence-electron chi connectivity index (χ2n) is 4.18. The Morgan fingerprint density at radius 1 is 1.24 bits per heavy atom. The second kappa shape index (κ2) is 4.53. The molecule has 0 spiro atoms. The molecule has 0 aliphatic carbocycles. The van der Waals surface area contributed by atoms with E-state index in [4.69, 9.17) is 5.11 Å². The standard InChI is InChI=1S/C14H13FO2/c1-9(8-14(16)17)10-6-7-13(15)12-5-3-2-4-11(10)12/h2-7,9H,8H2,1H3,(H,16,17)/t9-/m1/s1. The van der Waals surface area contributed by atoms with E-state index in [1.807, 2.05) is 19.1 Å². The quantitative estimate of drug-likeness (QED) is 0.878. The highest BCUT2D eigenvalue weighted by Gasteiger charge is 2.14. The molecule has 0 aromatic heterocycles. The van der Waals surface area contributed by atoms with E-state index in [-0.39, 0.29) is 18.2 Å². The molecule has 1 atom stereocenters. The first kappa shape index (κ1) is 11.6. The highest BCUT2D eigenvalue weighted by Crippen LogP contribution is 2.29. The Labute approximate surface area is 98.7 Å². The van der Waals surface area contributed by atoms with Crippen LogP contribution in [0.2, 0.25) is 0 Å². The molecule has 0 amide bonds. The van der Waals surface area contributed by atoms with Gasteiger partial charge in [0.15, 0.2) is 0 Å². The van der Waals surface area contributed by atoms with Gasteiger partial charge in [0.2, 0.25) is 0 Å². The summed E-state index contributed by atoms with van der Waals surface area (Å²) in [7, 11) is 0. The van der Waals surface area contributed by atoms with E-state index in [0.717, 1.165) is 10.9 Å². The maximum Gasteiger partial charge on any atom is 0.303 e. The molecule has 2 aromatic rings. The fourth-order valence-corrected chi connectivity index (χ4v) is 2.09. The fraction of sp³-hybridized carbons (Fsp3) is 0.214. The lowest BCUT2D eigenvalue weighted by Gasteiger charge is -2.13. The van der Waals surface area contributed by atoms with E-state index in [1.54, 1.807) is 18.2 Å². The number of aliphatic carboxylic acids is 1. The molecule has 1 N–H and O–H groups in total. The van der Waals surface area contributed by atoms with Crippen molar-refractivity contribution in [3.8, 4) is 0 Å². The van der Waals surface area contributed by atoms with Gasteiger partial charge in [-0.3, -0.25) is 4.79 Å². The summed E-state index contributed by atoms with van der Waals surface area (Å²) in [4.78, 5) is 10.7. The lowest BCUT2D eigenvalue weighted by atomic mass is 9.92. The number of hydrogen-bond acceptors (Lipinski definition) is 1. The topological polar surface area (TPSA) is 37.3 Å². The van der Waals surface area contributed by atoms with E-state index < -0.39 is 5.97 Å². The van der Waals surface area contributed by atoms with E-state index >= 15 is 0 Å². The number of fused-ring (bicyclic) bond motifs is 1. The Bertz CT molecular complexity index is 563. The summed E-state index contributed by atoms with van der Waals surface area (Å²) in [6.07, 6.45) is 0.0512. The average Bonchev–Trinajstić information content (AvgIpc) is 2.29. The molecule has 0 fully saturated rings. The van der Waals surface area contributed by atoms with E-state index in [0.29, 0.717) is 5.39 Å². The summed E-state index contributed by atoms with van der Waals surface area (Å²) in [5.41, 5.74) is 0.879. The number of carbonyl (C=O) groups is 1. The summed E-state index contributed by atoms with van der Waals surface area (Å²) < 4.78 is 13.6. The van der Waals surface area contributed by atoms with E-state index in [1.165, 1.54) is 6.07 Å². The molecule has 0 aliphatic heterocycles. The van der Waals surface area contributed by atoms with Crippen LogP contribution in [0.25, 0.3) is 10.8 Å². The van der Waals surface area contributed by atoms with Gasteiger partial charge in [0, 0.05) is 5.39 Å². The Balaban J connectivity index is 2.55. The molecule has 2 nitrogen and oxygen atoms in total. The Morgan fingerprint density at radius 3 is 2.53 bits per heavy atom. The molecule has 2 aromatic carbocycles. The minimum Gasteiger partial charge on any atom is -0.481 e. The van der Waals surface area contributed by atoms with Crippen LogP contribution in [-0.2, 0) is 4.79 Å². The molecule has 0 bridgehead atoms. The number of carboxylic acids is 1. The SMILES string of the molecule is C[C@H](CC(=O)O)c1ccc(F)c2ccccc12. The lowest BCUT2D eigenvalue weighted by Crippen LogP contribution is -2.03. The van der Waals surface area contributed by atoms with Gasteiger partial charge in [-0.05, 0) is 22.9 Å². The molecule has 0 saturated heterocycles. The third-order valence-corrected chi connectivity index (χ3v) is 2.92. The third kappa shape index (κ3) is 2.28. The van der Waals surface area contributed by atoms with Crippen molar-refractivity contribution in [3.05, 3.63) is 47.8 Å². The summed E-state index contributed by atoms with van der Waals surface area (Å²) in [6, 6.07) is 10.2. The minimum atomic E-state index is -0.842. The van der Waals surface area contributed by atoms with Gasteiger partial charge in [-0.1, -0.05) is 37.3 Å². The summed E-state index contributed by atoms with van der Waals surface area (Å²) in [5.74, 6) is -1.24. The van der Waals surface area contributed by atoms with Crippen LogP contribution in [0, 0.1) is 5.82 Å². The number of hydrogen-bond donors (Lipinski definition) is 1. The van der Waals surface area contributed by atoms with Crippen LogP contribution < -0.4 is 0 Å². The molecule has 88 valence electrons. The maximum atomic E-state index is 13.6. The normalized spacial score (nSPS) is 12.6. The Kier molecular flexibility index (Phi) is 3.09. The van der Waals surface area contributed by atoms with Crippen LogP contribution in [0.5, 0.6) is 0 Å². The van der Waals surface area contributed by atoms with E-state index in [2.05, 4.69) is 0 Å². The van der Waals surface area contributed by atoms with Crippen molar-refractivity contribution in [2.75, 3.05) is 0 Å². The number of halogens is 1. The molecule has 3 heteroatoms. The molecule has 0 aliphatic rings. The molecule has 0 radical (unpaired) electrons. The predicted octanol–water partition coefficient (Wildman–Crippen LogP) is 3.56. The molecule has 0 heterocycles. The fourth-order valence-electron chi connectivity index (χ4n) is 2.09. The third-order valence-electron chi connectivity index (χ3n) is 2.92. The highest BCUT2D eigenvalue weighted by atomic mass is 19.1. The van der Waals surface area contributed by atoms with Crippen LogP contribution >= 0.6 is 0 Å². The smallest absolute Gasteiger partial charge is 0.303 e. The van der Waals surface area contributed by atoms with Crippen molar-refractivity contribution in [3.63, 3.8) is 0 Å². The van der Waals surface area contributed by atoms with Crippen molar-refractivity contribution >= 4 is 16.7 Å². The Morgan fingerprint density at radius 2 is 1.88 bits per heavy atom. The van der Waals surface area contributed by atoms with Crippen LogP contribution in [-0.4, -0.2) is 11.1 Å². The maximum absolute atomic E-state index is 13.6. The first-order valence-electron chi connectivity index (χ1n) is 5.48. The van der Waals surface area contributed by atoms with Gasteiger partial charge in [0.05, 0.1) is 6.42 Å². The van der Waals surface area contributed by atoms with Crippen LogP contribution in [0.3, 0.4) is 0 Å². The van der Waals surface area contributed by atoms with Gasteiger partial charge >= 0.3 is 5.97 Å². The van der Waals surface area contributed by atoms with Crippen molar-refractivity contribution in [1.82, 2.24) is 0 Å². The highest BCUT2D eigenvalue weighted by molar-refractivity contribution is 5.87. The lowest BCUT2D eigenvalue weighted by molar-refractivity contribution is -0.137. The summed E-state index contributed by atoms with van der Waals surface area (Å²) >= 11 is 0. The van der Waals surface area contributed by atoms with Crippen molar-refractivity contribution in [2.45, 2.75) is 19.3 Å². The zero-order valence-corrected chi connectivity index (χ0v) is 9.48. The molecule has 0 unspecified atom stereocenters. The molecular weight excluding hydrogens is 219 g/mol. The van der Waals surface area contributed by atoms with Gasteiger partial charge in [0.1, 0.15) is 5.82 Å². The molecule has 2 rings (SSSR count). The van der Waals surface area contributed by atoms with Crippen molar-refractivity contribution in [2.24, 2.45) is 0 Å². The minimum absolute atomic E-state index is 0.0512. The zero-order chi connectivity index (χ0) is 12.4. The first-order chi connectivity index (χ1) is 8.09. The van der Waals surface area contributed by atoms with Gasteiger partial charge in [-0.15, -0.1) is 0 Å². The first-order valence-corrected chi connectivity index (χ1v) is 5.48. The summed E-state index contributed by atoms with van der Waals surface area (Å²) in [5, 5.41) is 10.1. The van der Waals surface area contributed by atoms with Gasteiger partial charge < -0.3 is 5.11 Å². The van der Waals surface area contributed by atoms with Gasteiger partial charge in [0.25, 0.3) is 0 Å². The van der Waals surface area contributed by atoms with E-state index in [9.17, 15) is 9.18 Å². The van der Waals surface area contributed by atoms with Crippen LogP contribution in [0.1, 0.15) is 24.8 Å². The summed E-state index contributed by atoms with van der Waals surface area (Å²) in [6.45, 7) is 1.84. The van der Waals surface area contributed by atoms with Gasteiger partial charge in [-0.25, -0.2) is 4.39 Å². The van der Waals surface area contributed by atoms with Crippen molar-refractivity contribution in [1.29, 1.82) is 0 Å². The van der Waals surface area contributed by atoms with Crippen LogP contribution in [0.4, 0.5) is 4.39 Å². The number of benzene rings is 2. The largest absolute Gasteiger partial charge is 0.481 e. The number of carboxylic acid groups (broad SMARTS) is 1. The monoisotopic (exact) mass is 232 g/mol. The molecular formula is C14H13FO2. The van der Waals surface area contributed by atoms with Crippen molar-refractivity contribution < 1.29 is 14.3 Å². The number of rotatable bonds is 3. The average molecular weight is 232 g/mol. The second-order valence-corrected chi connectivity index (χ2v) is 4.18. The zero-order valence-electron chi connectivity index (χ0n) is 9.48.